The number of piperidine rings is 1. The molecule has 0 aromatic heterocycles. The number of likely N-dealkylation sites (tertiary alicyclic amines) is 1. The molecule has 1 aliphatic heterocycles. The van der Waals surface area contributed by atoms with Crippen molar-refractivity contribution < 1.29 is 4.74 Å². The van der Waals surface area contributed by atoms with Gasteiger partial charge in [-0.05, 0) is 42.5 Å². The molecule has 0 saturated carbocycles. The molecule has 0 spiro atoms. The molecule has 106 valence electrons. The van der Waals surface area contributed by atoms with Gasteiger partial charge in [0.25, 0.3) is 0 Å². The molecule has 3 unspecified atom stereocenters. The van der Waals surface area contributed by atoms with E-state index < -0.39 is 0 Å². The standard InChI is InChI=1S/C16H26N2O/c1-12-7-8-18(10-13(12)2)11-16(17)14-5-4-6-15(9-14)19-3/h4-6,9,12-13,16H,7-8,10-11,17H2,1-3H3. The summed E-state index contributed by atoms with van der Waals surface area (Å²) in [5.74, 6) is 2.49. The zero-order chi connectivity index (χ0) is 13.8. The van der Waals surface area contributed by atoms with Crippen molar-refractivity contribution in [3.05, 3.63) is 29.8 Å². The van der Waals surface area contributed by atoms with Crippen LogP contribution < -0.4 is 10.5 Å². The monoisotopic (exact) mass is 262 g/mol. The molecule has 3 nitrogen and oxygen atoms in total. The van der Waals surface area contributed by atoms with Crippen LogP contribution in [0.3, 0.4) is 0 Å². The van der Waals surface area contributed by atoms with Gasteiger partial charge in [-0.25, -0.2) is 0 Å². The minimum absolute atomic E-state index is 0.0655. The lowest BCUT2D eigenvalue weighted by Gasteiger charge is -2.36. The molecule has 0 amide bonds. The summed E-state index contributed by atoms with van der Waals surface area (Å²) in [6.45, 7) is 7.96. The van der Waals surface area contributed by atoms with Crippen molar-refractivity contribution >= 4 is 0 Å². The van der Waals surface area contributed by atoms with Gasteiger partial charge < -0.3 is 15.4 Å². The van der Waals surface area contributed by atoms with Crippen molar-refractivity contribution in [2.75, 3.05) is 26.7 Å². The number of ether oxygens (including phenoxy) is 1. The molecule has 3 atom stereocenters. The number of hydrogen-bond donors (Lipinski definition) is 1. The van der Waals surface area contributed by atoms with Crippen molar-refractivity contribution in [2.24, 2.45) is 17.6 Å². The Balaban J connectivity index is 1.95. The zero-order valence-corrected chi connectivity index (χ0v) is 12.3. The lowest BCUT2D eigenvalue weighted by Crippen LogP contribution is -2.41. The molecule has 2 rings (SSSR count). The third-order valence-corrected chi connectivity index (χ3v) is 4.40. The number of nitrogens with two attached hydrogens (primary N) is 1. The molecular weight excluding hydrogens is 236 g/mol. The first-order valence-electron chi connectivity index (χ1n) is 7.22. The second-order valence-electron chi connectivity index (χ2n) is 5.89. The lowest BCUT2D eigenvalue weighted by molar-refractivity contribution is 0.132. The normalized spacial score (nSPS) is 26.1. The van der Waals surface area contributed by atoms with Crippen LogP contribution in [-0.2, 0) is 0 Å². The highest BCUT2D eigenvalue weighted by Crippen LogP contribution is 2.24. The van der Waals surface area contributed by atoms with Crippen molar-refractivity contribution in [3.63, 3.8) is 0 Å². The lowest BCUT2D eigenvalue weighted by atomic mass is 9.88. The van der Waals surface area contributed by atoms with Crippen LogP contribution in [0, 0.1) is 11.8 Å². The predicted octanol–water partition coefficient (Wildman–Crippen LogP) is 2.67. The Morgan fingerprint density at radius 1 is 1.37 bits per heavy atom. The Bertz CT molecular complexity index is 407. The molecule has 1 fully saturated rings. The molecular formula is C16H26N2O. The molecule has 0 aliphatic carbocycles. The van der Waals surface area contributed by atoms with E-state index in [0.717, 1.165) is 29.7 Å². The van der Waals surface area contributed by atoms with Gasteiger partial charge >= 0.3 is 0 Å². The molecule has 3 heteroatoms. The topological polar surface area (TPSA) is 38.5 Å². The van der Waals surface area contributed by atoms with Gasteiger partial charge in [0.2, 0.25) is 0 Å². The number of benzene rings is 1. The molecule has 1 saturated heterocycles. The first-order valence-corrected chi connectivity index (χ1v) is 7.22. The van der Waals surface area contributed by atoms with Crippen LogP contribution >= 0.6 is 0 Å². The molecule has 1 heterocycles. The van der Waals surface area contributed by atoms with Crippen LogP contribution in [0.25, 0.3) is 0 Å². The van der Waals surface area contributed by atoms with Crippen LogP contribution in [0.2, 0.25) is 0 Å². The molecule has 1 aromatic rings. The molecule has 19 heavy (non-hydrogen) atoms. The van der Waals surface area contributed by atoms with E-state index in [2.05, 4.69) is 24.8 Å². The Labute approximate surface area is 116 Å². The fourth-order valence-corrected chi connectivity index (χ4v) is 2.77. The summed E-state index contributed by atoms with van der Waals surface area (Å²) in [6.07, 6.45) is 1.28. The Morgan fingerprint density at radius 3 is 2.84 bits per heavy atom. The fourth-order valence-electron chi connectivity index (χ4n) is 2.77. The highest BCUT2D eigenvalue weighted by Gasteiger charge is 2.24. The summed E-state index contributed by atoms with van der Waals surface area (Å²) in [7, 11) is 1.69. The second kappa shape index (κ2) is 6.40. The van der Waals surface area contributed by atoms with Crippen LogP contribution in [-0.4, -0.2) is 31.6 Å². The van der Waals surface area contributed by atoms with Crippen LogP contribution in [0.1, 0.15) is 31.9 Å². The van der Waals surface area contributed by atoms with E-state index in [9.17, 15) is 0 Å². The summed E-state index contributed by atoms with van der Waals surface area (Å²) in [4.78, 5) is 2.49. The average Bonchev–Trinajstić information content (AvgIpc) is 2.43. The third kappa shape index (κ3) is 3.71. The minimum Gasteiger partial charge on any atom is -0.497 e. The number of hydrogen-bond acceptors (Lipinski definition) is 3. The van der Waals surface area contributed by atoms with Gasteiger partial charge in [0, 0.05) is 19.1 Å². The molecule has 0 radical (unpaired) electrons. The Hall–Kier alpha value is -1.06. The molecule has 2 N–H and O–H groups in total. The second-order valence-corrected chi connectivity index (χ2v) is 5.89. The van der Waals surface area contributed by atoms with E-state index in [-0.39, 0.29) is 6.04 Å². The molecule has 1 aromatic carbocycles. The van der Waals surface area contributed by atoms with Crippen molar-refractivity contribution in [1.82, 2.24) is 4.90 Å². The predicted molar refractivity (Wildman–Crippen MR) is 79.3 cm³/mol. The molecule has 1 aliphatic rings. The number of rotatable bonds is 4. The summed E-state index contributed by atoms with van der Waals surface area (Å²) in [5.41, 5.74) is 7.49. The summed E-state index contributed by atoms with van der Waals surface area (Å²) in [6, 6.07) is 8.16. The smallest absolute Gasteiger partial charge is 0.119 e. The van der Waals surface area contributed by atoms with E-state index in [1.807, 2.05) is 18.2 Å². The quantitative estimate of drug-likeness (QED) is 0.906. The Kier molecular flexibility index (Phi) is 4.83. The maximum Gasteiger partial charge on any atom is 0.119 e. The largest absolute Gasteiger partial charge is 0.497 e. The SMILES string of the molecule is COc1cccc(C(N)CN2CCC(C)C(C)C2)c1. The van der Waals surface area contributed by atoms with Crippen molar-refractivity contribution in [1.29, 1.82) is 0 Å². The van der Waals surface area contributed by atoms with Crippen LogP contribution in [0.4, 0.5) is 0 Å². The first-order chi connectivity index (χ1) is 9.10. The summed E-state index contributed by atoms with van der Waals surface area (Å²) in [5, 5.41) is 0. The van der Waals surface area contributed by atoms with Gasteiger partial charge in [0.1, 0.15) is 5.75 Å². The maximum atomic E-state index is 6.33. The van der Waals surface area contributed by atoms with E-state index in [4.69, 9.17) is 10.5 Å². The summed E-state index contributed by atoms with van der Waals surface area (Å²) < 4.78 is 5.26. The van der Waals surface area contributed by atoms with Gasteiger partial charge in [0.15, 0.2) is 0 Å². The third-order valence-electron chi connectivity index (χ3n) is 4.40. The minimum atomic E-state index is 0.0655. The van der Waals surface area contributed by atoms with Gasteiger partial charge in [-0.3, -0.25) is 0 Å². The Morgan fingerprint density at radius 2 is 2.16 bits per heavy atom. The van der Waals surface area contributed by atoms with Gasteiger partial charge in [-0.1, -0.05) is 26.0 Å². The first kappa shape index (κ1) is 14.4. The zero-order valence-electron chi connectivity index (χ0n) is 12.3. The van der Waals surface area contributed by atoms with E-state index >= 15 is 0 Å². The average molecular weight is 262 g/mol. The highest BCUT2D eigenvalue weighted by molar-refractivity contribution is 5.30. The number of nitrogens with zero attached hydrogens (tertiary/aromatic N) is 1. The van der Waals surface area contributed by atoms with Crippen molar-refractivity contribution in [2.45, 2.75) is 26.3 Å². The van der Waals surface area contributed by atoms with E-state index in [0.29, 0.717) is 0 Å². The number of methoxy groups -OCH3 is 1. The van der Waals surface area contributed by atoms with Gasteiger partial charge in [0.05, 0.1) is 7.11 Å². The van der Waals surface area contributed by atoms with Crippen LogP contribution in [0.15, 0.2) is 24.3 Å². The summed E-state index contributed by atoms with van der Waals surface area (Å²) >= 11 is 0. The van der Waals surface area contributed by atoms with Crippen molar-refractivity contribution in [3.8, 4) is 5.75 Å². The molecule has 0 bridgehead atoms. The van der Waals surface area contributed by atoms with Crippen LogP contribution in [0.5, 0.6) is 5.75 Å². The fraction of sp³-hybridized carbons (Fsp3) is 0.625. The van der Waals surface area contributed by atoms with Gasteiger partial charge in [-0.15, -0.1) is 0 Å². The van der Waals surface area contributed by atoms with E-state index in [1.54, 1.807) is 7.11 Å². The highest BCUT2D eigenvalue weighted by atomic mass is 16.5. The van der Waals surface area contributed by atoms with Gasteiger partial charge in [-0.2, -0.15) is 0 Å². The van der Waals surface area contributed by atoms with E-state index in [1.165, 1.54) is 19.5 Å². The maximum absolute atomic E-state index is 6.33.